The molecule has 21 heavy (non-hydrogen) atoms. The van der Waals surface area contributed by atoms with Gasteiger partial charge in [-0.15, -0.1) is 0 Å². The average Bonchev–Trinajstić information content (AvgIpc) is 2.46. The summed E-state index contributed by atoms with van der Waals surface area (Å²) in [7, 11) is 0. The Bertz CT molecular complexity index is 564. The minimum absolute atomic E-state index is 0.133. The molecule has 1 fully saturated rings. The van der Waals surface area contributed by atoms with Gasteiger partial charge in [0.05, 0.1) is 29.2 Å². The third kappa shape index (κ3) is 3.02. The number of piperidine rings is 1. The molecule has 1 saturated heterocycles. The van der Waals surface area contributed by atoms with E-state index in [2.05, 4.69) is 0 Å². The van der Waals surface area contributed by atoms with Crippen molar-refractivity contribution < 1.29 is 19.2 Å². The number of benzene rings is 1. The Hall–Kier alpha value is -2.02. The molecule has 2 unspecified atom stereocenters. The third-order valence-corrected chi connectivity index (χ3v) is 3.96. The Morgan fingerprint density at radius 1 is 1.57 bits per heavy atom. The SMILES string of the molecule is CC1CCCN(C(=O)c2ccc([N+](=O)[O-])cc2F)C1CO. The standard InChI is InChI=1S/C14H17FN2O4/c1-9-3-2-6-16(13(9)8-18)14(19)11-5-4-10(17(20)21)7-12(11)15/h4-5,7,9,13,18H,2-3,6,8H2,1H3. The maximum Gasteiger partial charge on any atom is 0.272 e. The third-order valence-electron chi connectivity index (χ3n) is 3.96. The lowest BCUT2D eigenvalue weighted by Crippen LogP contribution is -2.49. The van der Waals surface area contributed by atoms with Gasteiger partial charge in [0.2, 0.25) is 0 Å². The number of hydrogen-bond donors (Lipinski definition) is 1. The normalized spacial score (nSPS) is 22.1. The van der Waals surface area contributed by atoms with Crippen LogP contribution in [0.3, 0.4) is 0 Å². The molecule has 0 aromatic heterocycles. The van der Waals surface area contributed by atoms with E-state index in [4.69, 9.17) is 0 Å². The van der Waals surface area contributed by atoms with Gasteiger partial charge in [0.25, 0.3) is 11.6 Å². The van der Waals surface area contributed by atoms with Gasteiger partial charge in [-0.2, -0.15) is 0 Å². The minimum atomic E-state index is -0.913. The molecule has 114 valence electrons. The van der Waals surface area contributed by atoms with Crippen molar-refractivity contribution >= 4 is 11.6 Å². The molecule has 1 aliphatic heterocycles. The van der Waals surface area contributed by atoms with E-state index in [-0.39, 0.29) is 24.1 Å². The number of aliphatic hydroxyl groups excluding tert-OH is 1. The van der Waals surface area contributed by atoms with E-state index in [0.29, 0.717) is 6.54 Å². The van der Waals surface area contributed by atoms with Crippen molar-refractivity contribution in [3.63, 3.8) is 0 Å². The number of nitro groups is 1. The fourth-order valence-corrected chi connectivity index (χ4v) is 2.73. The molecule has 1 heterocycles. The second kappa shape index (κ2) is 6.17. The van der Waals surface area contributed by atoms with Crippen LogP contribution in [0.15, 0.2) is 18.2 Å². The van der Waals surface area contributed by atoms with Gasteiger partial charge < -0.3 is 10.0 Å². The number of nitrogens with zero attached hydrogens (tertiary/aromatic N) is 2. The fourth-order valence-electron chi connectivity index (χ4n) is 2.73. The van der Waals surface area contributed by atoms with Crippen molar-refractivity contribution in [2.24, 2.45) is 5.92 Å². The van der Waals surface area contributed by atoms with Crippen LogP contribution in [0, 0.1) is 21.8 Å². The van der Waals surface area contributed by atoms with Crippen molar-refractivity contribution in [1.82, 2.24) is 4.90 Å². The number of rotatable bonds is 3. The molecule has 1 aromatic carbocycles. The summed E-state index contributed by atoms with van der Waals surface area (Å²) in [6.07, 6.45) is 1.69. The number of nitro benzene ring substituents is 1. The quantitative estimate of drug-likeness (QED) is 0.682. The van der Waals surface area contributed by atoms with Crippen LogP contribution in [-0.2, 0) is 0 Å². The summed E-state index contributed by atoms with van der Waals surface area (Å²) in [5.41, 5.74) is -0.595. The van der Waals surface area contributed by atoms with Crippen LogP contribution in [-0.4, -0.2) is 40.0 Å². The highest BCUT2D eigenvalue weighted by Gasteiger charge is 2.33. The van der Waals surface area contributed by atoms with Gasteiger partial charge in [0, 0.05) is 12.6 Å². The highest BCUT2D eigenvalue weighted by atomic mass is 19.1. The number of carbonyl (C=O) groups is 1. The predicted octanol–water partition coefficient (Wildman–Crippen LogP) is 1.97. The summed E-state index contributed by atoms with van der Waals surface area (Å²) in [6.45, 7) is 2.21. The summed E-state index contributed by atoms with van der Waals surface area (Å²) in [5.74, 6) is -1.31. The average molecular weight is 296 g/mol. The number of likely N-dealkylation sites (tertiary alicyclic amines) is 1. The van der Waals surface area contributed by atoms with Crippen LogP contribution in [0.25, 0.3) is 0 Å². The van der Waals surface area contributed by atoms with Gasteiger partial charge >= 0.3 is 0 Å². The Morgan fingerprint density at radius 3 is 2.86 bits per heavy atom. The highest BCUT2D eigenvalue weighted by Crippen LogP contribution is 2.26. The lowest BCUT2D eigenvalue weighted by atomic mass is 9.90. The molecule has 7 heteroatoms. The number of hydrogen-bond acceptors (Lipinski definition) is 4. The fraction of sp³-hybridized carbons (Fsp3) is 0.500. The molecule has 0 bridgehead atoms. The van der Waals surface area contributed by atoms with E-state index < -0.39 is 22.3 Å². The summed E-state index contributed by atoms with van der Waals surface area (Å²) in [5, 5.41) is 20.0. The zero-order chi connectivity index (χ0) is 15.6. The first-order valence-corrected chi connectivity index (χ1v) is 6.81. The molecular weight excluding hydrogens is 279 g/mol. The van der Waals surface area contributed by atoms with Crippen LogP contribution in [0.2, 0.25) is 0 Å². The Labute approximate surface area is 121 Å². The van der Waals surface area contributed by atoms with Gasteiger partial charge in [-0.1, -0.05) is 6.92 Å². The molecule has 0 radical (unpaired) electrons. The topological polar surface area (TPSA) is 83.7 Å². The summed E-state index contributed by atoms with van der Waals surface area (Å²) < 4.78 is 13.9. The zero-order valence-electron chi connectivity index (χ0n) is 11.7. The minimum Gasteiger partial charge on any atom is -0.394 e. The van der Waals surface area contributed by atoms with E-state index in [1.54, 1.807) is 0 Å². The van der Waals surface area contributed by atoms with E-state index in [1.807, 2.05) is 6.92 Å². The molecular formula is C14H17FN2O4. The number of aliphatic hydroxyl groups is 1. The lowest BCUT2D eigenvalue weighted by molar-refractivity contribution is -0.385. The van der Waals surface area contributed by atoms with Crippen LogP contribution in [0.1, 0.15) is 30.1 Å². The van der Waals surface area contributed by atoms with Gasteiger partial charge in [-0.05, 0) is 24.8 Å². The molecule has 0 aliphatic carbocycles. The first kappa shape index (κ1) is 15.4. The molecule has 2 atom stereocenters. The number of carbonyl (C=O) groups excluding carboxylic acids is 1. The smallest absolute Gasteiger partial charge is 0.272 e. The maximum absolute atomic E-state index is 13.9. The monoisotopic (exact) mass is 296 g/mol. The van der Waals surface area contributed by atoms with Crippen molar-refractivity contribution in [2.75, 3.05) is 13.2 Å². The molecule has 1 aromatic rings. The first-order valence-electron chi connectivity index (χ1n) is 6.81. The van der Waals surface area contributed by atoms with Gasteiger partial charge in [-0.3, -0.25) is 14.9 Å². The predicted molar refractivity (Wildman–Crippen MR) is 73.4 cm³/mol. The largest absolute Gasteiger partial charge is 0.394 e. The molecule has 0 spiro atoms. The molecule has 1 aliphatic rings. The first-order chi connectivity index (χ1) is 9.95. The van der Waals surface area contributed by atoms with Crippen molar-refractivity contribution in [3.05, 3.63) is 39.7 Å². The Balaban J connectivity index is 2.28. The summed E-state index contributed by atoms with van der Waals surface area (Å²) >= 11 is 0. The van der Waals surface area contributed by atoms with Crippen LogP contribution >= 0.6 is 0 Å². The number of non-ortho nitro benzene ring substituents is 1. The van der Waals surface area contributed by atoms with Crippen molar-refractivity contribution in [1.29, 1.82) is 0 Å². The van der Waals surface area contributed by atoms with Gasteiger partial charge in [-0.25, -0.2) is 4.39 Å². The van der Waals surface area contributed by atoms with Gasteiger partial charge in [0.15, 0.2) is 0 Å². The zero-order valence-corrected chi connectivity index (χ0v) is 11.7. The van der Waals surface area contributed by atoms with Gasteiger partial charge in [0.1, 0.15) is 5.82 Å². The van der Waals surface area contributed by atoms with E-state index in [9.17, 15) is 24.4 Å². The second-order valence-corrected chi connectivity index (χ2v) is 5.29. The molecule has 2 rings (SSSR count). The lowest BCUT2D eigenvalue weighted by Gasteiger charge is -2.39. The molecule has 0 saturated carbocycles. The highest BCUT2D eigenvalue weighted by molar-refractivity contribution is 5.95. The summed E-state index contributed by atoms with van der Waals surface area (Å²) in [6, 6.07) is 2.64. The molecule has 1 amide bonds. The van der Waals surface area contributed by atoms with Crippen LogP contribution in [0.5, 0.6) is 0 Å². The Morgan fingerprint density at radius 2 is 2.29 bits per heavy atom. The number of halogens is 1. The Kier molecular flexibility index (Phi) is 4.52. The van der Waals surface area contributed by atoms with Crippen molar-refractivity contribution in [2.45, 2.75) is 25.8 Å². The van der Waals surface area contributed by atoms with Crippen LogP contribution in [0.4, 0.5) is 10.1 Å². The molecule has 6 nitrogen and oxygen atoms in total. The van der Waals surface area contributed by atoms with Crippen LogP contribution < -0.4 is 0 Å². The second-order valence-electron chi connectivity index (χ2n) is 5.29. The van der Waals surface area contributed by atoms with E-state index in [0.717, 1.165) is 31.0 Å². The summed E-state index contributed by atoms with van der Waals surface area (Å²) in [4.78, 5) is 23.8. The maximum atomic E-state index is 13.9. The van der Waals surface area contributed by atoms with E-state index in [1.165, 1.54) is 4.90 Å². The number of amides is 1. The molecule has 1 N–H and O–H groups in total. The van der Waals surface area contributed by atoms with Crippen molar-refractivity contribution in [3.8, 4) is 0 Å². The van der Waals surface area contributed by atoms with E-state index >= 15 is 0 Å².